The third-order valence-corrected chi connectivity index (χ3v) is 12.5. The number of primary amides is 1. The van der Waals surface area contributed by atoms with Crippen LogP contribution in [0.1, 0.15) is 104 Å². The molecule has 2 saturated carbocycles. The summed E-state index contributed by atoms with van der Waals surface area (Å²) in [5.41, 5.74) is 10.1. The van der Waals surface area contributed by atoms with Crippen LogP contribution in [-0.2, 0) is 22.8 Å². The van der Waals surface area contributed by atoms with Gasteiger partial charge in [0.05, 0.1) is 17.8 Å². The molecule has 0 bridgehead atoms. The van der Waals surface area contributed by atoms with Gasteiger partial charge in [-0.15, -0.1) is 0 Å². The Kier molecular flexibility index (Phi) is 12.0. The lowest BCUT2D eigenvalue weighted by Gasteiger charge is -2.41. The van der Waals surface area contributed by atoms with Crippen molar-refractivity contribution in [1.29, 1.82) is 0 Å². The number of ether oxygens (including phenoxy) is 1. The molecule has 3 aromatic rings. The molecule has 0 aliphatic heterocycles. The van der Waals surface area contributed by atoms with E-state index in [2.05, 4.69) is 35.0 Å². The quantitative estimate of drug-likeness (QED) is 0.118. The third-order valence-electron chi connectivity index (χ3n) is 10.8. The van der Waals surface area contributed by atoms with Crippen molar-refractivity contribution in [2.75, 3.05) is 11.9 Å². The summed E-state index contributed by atoms with van der Waals surface area (Å²) < 4.78 is 9.40. The molecule has 1 unspecified atom stereocenters. The topological polar surface area (TPSA) is 150 Å². The second kappa shape index (κ2) is 16.0. The van der Waals surface area contributed by atoms with Gasteiger partial charge >= 0.3 is 0 Å². The summed E-state index contributed by atoms with van der Waals surface area (Å²) in [5, 5.41) is 23.5. The number of nitrogens with two attached hydrogens (primary N) is 1. The first-order valence-electron chi connectivity index (χ1n) is 18.4. The van der Waals surface area contributed by atoms with E-state index in [0.717, 1.165) is 74.4 Å². The molecule has 0 spiro atoms. The smallest absolute Gasteiger partial charge is 0.267 e. The number of aromatic nitrogens is 5. The number of aryl methyl sites for hydroxylation is 2. The summed E-state index contributed by atoms with van der Waals surface area (Å²) >= 11 is 0. The van der Waals surface area contributed by atoms with Crippen molar-refractivity contribution in [3.05, 3.63) is 41.1 Å². The highest BCUT2D eigenvalue weighted by Crippen LogP contribution is 2.48. The van der Waals surface area contributed by atoms with E-state index in [1.165, 1.54) is 12.8 Å². The lowest BCUT2D eigenvalue weighted by Crippen LogP contribution is -2.39. The fourth-order valence-electron chi connectivity index (χ4n) is 8.28. The summed E-state index contributed by atoms with van der Waals surface area (Å²) in [4.78, 5) is 32.1. The first-order chi connectivity index (χ1) is 23.4. The predicted octanol–water partition coefficient (Wildman–Crippen LogP) is 7.39. The van der Waals surface area contributed by atoms with Gasteiger partial charge in [-0.3, -0.25) is 14.3 Å². The molecule has 2 fully saturated rings. The summed E-state index contributed by atoms with van der Waals surface area (Å²) in [6.45, 7) is 14.3. The minimum Gasteiger partial charge on any atom is -0.504 e. The number of carbonyl (C=O) groups excluding carboxylic acids is 2. The lowest BCUT2D eigenvalue weighted by atomic mass is 9.63. The maximum Gasteiger partial charge on any atom is 0.267 e. The standard InChI is InChI=1S/C37H57N7O4Si/c1-7-43-34(35(38)46)29(22-40-43)33(32(26-14-10-8-11-15-26)27-16-12-9-13-17-27)37(47)41-36-30(45)20-28(21-39-36)31-24(2)42-44(25(31)3)23-48-18-19-49(4,5)6/h20-22,26-27,32-33,45H,7-19,23H2,1-6H3,(H2,38,46)(H,39,41,47). The number of anilines is 1. The van der Waals surface area contributed by atoms with Crippen molar-refractivity contribution in [3.63, 3.8) is 0 Å². The molecule has 12 heteroatoms. The Labute approximate surface area is 292 Å². The van der Waals surface area contributed by atoms with Crippen LogP contribution in [0, 0.1) is 31.6 Å². The van der Waals surface area contributed by atoms with Crippen molar-refractivity contribution >= 4 is 25.7 Å². The highest BCUT2D eigenvalue weighted by Gasteiger charge is 2.43. The molecule has 4 N–H and O–H groups in total. The van der Waals surface area contributed by atoms with Gasteiger partial charge in [0.25, 0.3) is 5.91 Å². The van der Waals surface area contributed by atoms with Crippen molar-refractivity contribution in [2.24, 2.45) is 23.5 Å². The van der Waals surface area contributed by atoms with E-state index in [0.29, 0.717) is 48.5 Å². The van der Waals surface area contributed by atoms with E-state index in [4.69, 9.17) is 15.6 Å². The maximum atomic E-state index is 14.6. The number of amides is 2. The van der Waals surface area contributed by atoms with E-state index in [1.54, 1.807) is 23.1 Å². The van der Waals surface area contributed by atoms with Crippen molar-refractivity contribution < 1.29 is 19.4 Å². The van der Waals surface area contributed by atoms with Gasteiger partial charge in [0, 0.05) is 49.8 Å². The molecule has 5 rings (SSSR count). The van der Waals surface area contributed by atoms with E-state index >= 15 is 0 Å². The molecule has 0 aromatic carbocycles. The van der Waals surface area contributed by atoms with Gasteiger partial charge in [-0.1, -0.05) is 83.8 Å². The zero-order valence-corrected chi connectivity index (χ0v) is 31.4. The first kappa shape index (κ1) is 36.8. The van der Waals surface area contributed by atoms with Crippen molar-refractivity contribution in [1.82, 2.24) is 24.5 Å². The van der Waals surface area contributed by atoms with Crippen LogP contribution < -0.4 is 11.1 Å². The molecule has 3 heterocycles. The summed E-state index contributed by atoms with van der Waals surface area (Å²) in [7, 11) is -1.20. The van der Waals surface area contributed by atoms with E-state index in [1.807, 2.05) is 25.5 Å². The Bertz CT molecular complexity index is 1580. The average Bonchev–Trinajstić information content (AvgIpc) is 3.62. The largest absolute Gasteiger partial charge is 0.504 e. The minimum atomic E-state index is -1.20. The third kappa shape index (κ3) is 8.63. The number of hydrogen-bond donors (Lipinski definition) is 3. The SMILES string of the molecule is CCn1ncc(C(C(=O)Nc2ncc(-c3c(C)nn(COCC[Si](C)(C)C)c3C)cc2O)C(C2CCCCC2)C2CCCCC2)c1C(N)=O. The number of nitrogens with zero attached hydrogens (tertiary/aromatic N) is 5. The first-order valence-corrected chi connectivity index (χ1v) is 22.1. The second-order valence-electron chi connectivity index (χ2n) is 15.5. The van der Waals surface area contributed by atoms with Crippen LogP contribution in [-0.4, -0.2) is 56.1 Å². The zero-order chi connectivity index (χ0) is 35.3. The monoisotopic (exact) mass is 691 g/mol. The fourth-order valence-corrected chi connectivity index (χ4v) is 9.03. The van der Waals surface area contributed by atoms with Gasteiger partial charge in [0.1, 0.15) is 12.4 Å². The fraction of sp³-hybridized carbons (Fsp3) is 0.649. The Hall–Kier alpha value is -3.51. The minimum absolute atomic E-state index is 0.0266. The molecular weight excluding hydrogens is 635 g/mol. The number of rotatable bonds is 14. The van der Waals surface area contributed by atoms with Gasteiger partial charge in [0.2, 0.25) is 5.91 Å². The predicted molar refractivity (Wildman–Crippen MR) is 195 cm³/mol. The number of pyridine rings is 1. The van der Waals surface area contributed by atoms with Crippen LogP contribution in [0.4, 0.5) is 5.82 Å². The molecule has 2 aliphatic rings. The molecule has 49 heavy (non-hydrogen) atoms. The highest BCUT2D eigenvalue weighted by molar-refractivity contribution is 6.76. The van der Waals surface area contributed by atoms with Crippen LogP contribution in [0.5, 0.6) is 5.75 Å². The van der Waals surface area contributed by atoms with E-state index in [9.17, 15) is 14.7 Å². The average molecular weight is 692 g/mol. The molecule has 3 aromatic heterocycles. The molecule has 268 valence electrons. The van der Waals surface area contributed by atoms with Gasteiger partial charge < -0.3 is 20.9 Å². The van der Waals surface area contributed by atoms with Crippen molar-refractivity contribution in [2.45, 2.75) is 130 Å². The Balaban J connectivity index is 1.45. The highest BCUT2D eigenvalue weighted by atomic mass is 28.3. The van der Waals surface area contributed by atoms with Crippen LogP contribution in [0.2, 0.25) is 25.7 Å². The zero-order valence-electron chi connectivity index (χ0n) is 30.4. The summed E-state index contributed by atoms with van der Waals surface area (Å²) in [6.07, 6.45) is 14.6. The Morgan fingerprint density at radius 2 is 1.65 bits per heavy atom. The van der Waals surface area contributed by atoms with E-state index < -0.39 is 19.9 Å². The molecular formula is C37H57N7O4Si. The van der Waals surface area contributed by atoms with Crippen LogP contribution >= 0.6 is 0 Å². The summed E-state index contributed by atoms with van der Waals surface area (Å²) in [5.74, 6) is -0.841. The van der Waals surface area contributed by atoms with Gasteiger partial charge in [-0.25, -0.2) is 9.67 Å². The number of hydrogen-bond acceptors (Lipinski definition) is 7. The second-order valence-corrected chi connectivity index (χ2v) is 21.1. The van der Waals surface area contributed by atoms with Crippen molar-refractivity contribution in [3.8, 4) is 16.9 Å². The van der Waals surface area contributed by atoms with Gasteiger partial charge in [-0.2, -0.15) is 10.2 Å². The van der Waals surface area contributed by atoms with Crippen LogP contribution in [0.25, 0.3) is 11.1 Å². The molecule has 2 aliphatic carbocycles. The Morgan fingerprint density at radius 3 is 2.20 bits per heavy atom. The molecule has 11 nitrogen and oxygen atoms in total. The maximum absolute atomic E-state index is 14.6. The van der Waals surface area contributed by atoms with E-state index in [-0.39, 0.29) is 23.4 Å². The Morgan fingerprint density at radius 1 is 1.02 bits per heavy atom. The van der Waals surface area contributed by atoms with Crippen LogP contribution in [0.15, 0.2) is 18.5 Å². The van der Waals surface area contributed by atoms with Crippen LogP contribution in [0.3, 0.4) is 0 Å². The van der Waals surface area contributed by atoms with Gasteiger partial charge in [0.15, 0.2) is 11.6 Å². The summed E-state index contributed by atoms with van der Waals surface area (Å²) in [6, 6.07) is 2.71. The number of aromatic hydroxyl groups is 1. The number of carbonyl (C=O) groups is 2. The molecule has 0 saturated heterocycles. The number of nitrogens with one attached hydrogen (secondary N) is 1. The van der Waals surface area contributed by atoms with Gasteiger partial charge in [-0.05, 0) is 50.6 Å². The molecule has 2 amide bonds. The molecule has 1 atom stereocenters. The molecule has 0 radical (unpaired) electrons. The normalized spacial score (nSPS) is 17.0. The lowest BCUT2D eigenvalue weighted by molar-refractivity contribution is -0.120.